The van der Waals surface area contributed by atoms with Crippen molar-refractivity contribution < 1.29 is 4.79 Å². The van der Waals surface area contributed by atoms with E-state index in [-0.39, 0.29) is 11.5 Å². The van der Waals surface area contributed by atoms with Gasteiger partial charge in [-0.15, -0.1) is 0 Å². The van der Waals surface area contributed by atoms with Crippen molar-refractivity contribution in [3.8, 4) is 0 Å². The average Bonchev–Trinajstić information content (AvgIpc) is 3.08. The van der Waals surface area contributed by atoms with Crippen molar-refractivity contribution in [1.29, 1.82) is 0 Å². The molecule has 2 aromatic heterocycles. The van der Waals surface area contributed by atoms with Crippen LogP contribution >= 0.6 is 35.7 Å². The highest BCUT2D eigenvalue weighted by Gasteiger charge is 2.32. The molecule has 33 heavy (non-hydrogen) atoms. The molecule has 3 aromatic rings. The molecule has 1 fully saturated rings. The fourth-order valence-corrected chi connectivity index (χ4v) is 5.81. The molecule has 0 N–H and O–H groups in total. The summed E-state index contributed by atoms with van der Waals surface area (Å²) in [6.07, 6.45) is 7.65. The van der Waals surface area contributed by atoms with E-state index in [0.717, 1.165) is 36.1 Å². The van der Waals surface area contributed by atoms with E-state index in [2.05, 4.69) is 6.92 Å². The smallest absolute Gasteiger partial charge is 0.266 e. The van der Waals surface area contributed by atoms with Crippen LogP contribution in [0.25, 0.3) is 11.7 Å². The summed E-state index contributed by atoms with van der Waals surface area (Å²) >= 11 is 8.15. The summed E-state index contributed by atoms with van der Waals surface area (Å²) in [5.74, 6) is -0.133. The van der Waals surface area contributed by atoms with Crippen molar-refractivity contribution in [3.63, 3.8) is 0 Å². The van der Waals surface area contributed by atoms with Crippen LogP contribution in [-0.2, 0) is 4.79 Å². The highest BCUT2D eigenvalue weighted by Crippen LogP contribution is 2.35. The molecule has 1 saturated heterocycles. The number of fused-ring (bicyclic) bond motifs is 1. The van der Waals surface area contributed by atoms with Gasteiger partial charge in [0.1, 0.15) is 15.0 Å². The van der Waals surface area contributed by atoms with Crippen LogP contribution in [0.3, 0.4) is 0 Å². The largest absolute Gasteiger partial charge is 0.293 e. The lowest BCUT2D eigenvalue weighted by Crippen LogP contribution is -2.29. The second-order valence-corrected chi connectivity index (χ2v) is 10.6. The van der Waals surface area contributed by atoms with Crippen molar-refractivity contribution in [2.45, 2.75) is 49.5 Å². The Morgan fingerprint density at radius 2 is 1.88 bits per heavy atom. The Morgan fingerprint density at radius 3 is 2.64 bits per heavy atom. The predicted octanol–water partition coefficient (Wildman–Crippen LogP) is 5.94. The molecule has 1 aliphatic rings. The molecule has 8 heteroatoms. The SMILES string of the molecule is CCCCCCN1C(=O)C(=Cc2c(Sc3ccccc3)nc3c(C)cccn3c2=O)SC1=S. The number of nitrogens with zero attached hydrogens (tertiary/aromatic N) is 3. The number of benzene rings is 1. The molecule has 170 valence electrons. The van der Waals surface area contributed by atoms with Gasteiger partial charge >= 0.3 is 0 Å². The minimum absolute atomic E-state index is 0.133. The number of aromatic nitrogens is 2. The highest BCUT2D eigenvalue weighted by molar-refractivity contribution is 8.26. The number of amides is 1. The molecular weight excluding hydrogens is 470 g/mol. The Kier molecular flexibility index (Phi) is 7.67. The highest BCUT2D eigenvalue weighted by atomic mass is 32.2. The number of aryl methyl sites for hydroxylation is 1. The van der Waals surface area contributed by atoms with Gasteiger partial charge in [-0.25, -0.2) is 4.98 Å². The van der Waals surface area contributed by atoms with Crippen LogP contribution in [0.2, 0.25) is 0 Å². The van der Waals surface area contributed by atoms with Gasteiger partial charge in [0.05, 0.1) is 10.5 Å². The number of carbonyl (C=O) groups is 1. The zero-order chi connectivity index (χ0) is 23.4. The summed E-state index contributed by atoms with van der Waals surface area (Å²) in [6.45, 7) is 4.70. The fourth-order valence-electron chi connectivity index (χ4n) is 3.61. The van der Waals surface area contributed by atoms with Crippen LogP contribution in [0.5, 0.6) is 0 Å². The van der Waals surface area contributed by atoms with Crippen LogP contribution in [0, 0.1) is 6.92 Å². The Labute approximate surface area is 207 Å². The number of hydrogen-bond acceptors (Lipinski definition) is 6. The summed E-state index contributed by atoms with van der Waals surface area (Å²) in [5, 5.41) is 0.578. The molecule has 3 heterocycles. The van der Waals surface area contributed by atoms with Gasteiger partial charge < -0.3 is 0 Å². The van der Waals surface area contributed by atoms with Gasteiger partial charge in [0.15, 0.2) is 0 Å². The summed E-state index contributed by atoms with van der Waals surface area (Å²) in [5.41, 5.74) is 1.73. The first kappa shape index (κ1) is 23.7. The van der Waals surface area contributed by atoms with Gasteiger partial charge in [-0.05, 0) is 43.2 Å². The summed E-state index contributed by atoms with van der Waals surface area (Å²) in [7, 11) is 0. The monoisotopic (exact) mass is 495 g/mol. The Bertz CT molecular complexity index is 1290. The van der Waals surface area contributed by atoms with E-state index in [1.54, 1.807) is 21.6 Å². The number of thioether (sulfide) groups is 1. The molecule has 0 aliphatic carbocycles. The van der Waals surface area contributed by atoms with E-state index in [9.17, 15) is 9.59 Å². The first-order chi connectivity index (χ1) is 16.0. The molecule has 1 aromatic carbocycles. The third kappa shape index (κ3) is 5.23. The Hall–Kier alpha value is -2.42. The topological polar surface area (TPSA) is 54.7 Å². The molecular formula is C25H25N3O2S3. The van der Waals surface area contributed by atoms with Gasteiger partial charge in [-0.2, -0.15) is 0 Å². The van der Waals surface area contributed by atoms with Crippen LogP contribution in [0.1, 0.15) is 43.7 Å². The van der Waals surface area contributed by atoms with E-state index in [1.807, 2.05) is 49.4 Å². The van der Waals surface area contributed by atoms with Crippen LogP contribution in [0.4, 0.5) is 0 Å². The predicted molar refractivity (Wildman–Crippen MR) is 141 cm³/mol. The molecule has 1 aliphatic heterocycles. The van der Waals surface area contributed by atoms with Crippen molar-refractivity contribution in [2.24, 2.45) is 0 Å². The molecule has 0 radical (unpaired) electrons. The third-order valence-electron chi connectivity index (χ3n) is 5.39. The quantitative estimate of drug-likeness (QED) is 0.167. The number of pyridine rings is 1. The number of unbranched alkanes of at least 4 members (excludes halogenated alkanes) is 3. The Morgan fingerprint density at radius 1 is 1.09 bits per heavy atom. The molecule has 4 rings (SSSR count). The van der Waals surface area contributed by atoms with Crippen molar-refractivity contribution >= 4 is 57.7 Å². The number of rotatable bonds is 8. The van der Waals surface area contributed by atoms with Crippen molar-refractivity contribution in [1.82, 2.24) is 14.3 Å². The lowest BCUT2D eigenvalue weighted by molar-refractivity contribution is -0.122. The molecule has 0 bridgehead atoms. The molecule has 5 nitrogen and oxygen atoms in total. The fraction of sp³-hybridized carbons (Fsp3) is 0.280. The van der Waals surface area contributed by atoms with Gasteiger partial charge in [0, 0.05) is 17.6 Å². The maximum absolute atomic E-state index is 13.5. The first-order valence-electron chi connectivity index (χ1n) is 11.0. The molecule has 0 spiro atoms. The molecule has 0 unspecified atom stereocenters. The molecule has 0 saturated carbocycles. The summed E-state index contributed by atoms with van der Waals surface area (Å²) in [4.78, 5) is 34.5. The van der Waals surface area contributed by atoms with Crippen LogP contribution in [0.15, 0.2) is 68.3 Å². The minimum atomic E-state index is -0.199. The van der Waals surface area contributed by atoms with Gasteiger partial charge in [-0.1, -0.05) is 86.2 Å². The van der Waals surface area contributed by atoms with Gasteiger partial charge in [-0.3, -0.25) is 18.9 Å². The summed E-state index contributed by atoms with van der Waals surface area (Å²) < 4.78 is 2.09. The lowest BCUT2D eigenvalue weighted by atomic mass is 10.2. The lowest BCUT2D eigenvalue weighted by Gasteiger charge is -2.14. The van der Waals surface area contributed by atoms with E-state index in [4.69, 9.17) is 17.2 Å². The second-order valence-electron chi connectivity index (χ2n) is 7.83. The van der Waals surface area contributed by atoms with Crippen LogP contribution in [-0.4, -0.2) is 31.1 Å². The second kappa shape index (κ2) is 10.7. The maximum Gasteiger partial charge on any atom is 0.266 e. The molecule has 0 atom stereocenters. The molecule has 1 amide bonds. The van der Waals surface area contributed by atoms with E-state index < -0.39 is 0 Å². The number of hydrogen-bond donors (Lipinski definition) is 0. The van der Waals surface area contributed by atoms with E-state index in [1.165, 1.54) is 23.5 Å². The van der Waals surface area contributed by atoms with Gasteiger partial charge in [0.2, 0.25) is 0 Å². The zero-order valence-corrected chi connectivity index (χ0v) is 21.1. The van der Waals surface area contributed by atoms with E-state index >= 15 is 0 Å². The first-order valence-corrected chi connectivity index (χ1v) is 13.0. The Balaban J connectivity index is 1.75. The van der Waals surface area contributed by atoms with Crippen LogP contribution < -0.4 is 5.56 Å². The minimum Gasteiger partial charge on any atom is -0.293 e. The van der Waals surface area contributed by atoms with Gasteiger partial charge in [0.25, 0.3) is 11.5 Å². The summed E-state index contributed by atoms with van der Waals surface area (Å²) in [6, 6.07) is 13.6. The maximum atomic E-state index is 13.5. The average molecular weight is 496 g/mol. The standard InChI is InChI=1S/C25H25N3O2S3/c1-3-4-5-9-14-28-24(30)20(33-25(28)31)16-19-22(32-18-12-7-6-8-13-18)26-21-17(2)11-10-15-27(21)23(19)29/h6-8,10-13,15-16H,3-5,9,14H2,1-2H3. The number of thiocarbonyl (C=S) groups is 1. The zero-order valence-electron chi connectivity index (χ0n) is 18.6. The third-order valence-corrected chi connectivity index (χ3v) is 7.78. The van der Waals surface area contributed by atoms with E-state index in [0.29, 0.717) is 32.0 Å². The number of carbonyl (C=O) groups excluding carboxylic acids is 1. The normalized spacial score (nSPS) is 15.2. The van der Waals surface area contributed by atoms with Crippen molar-refractivity contribution in [3.05, 3.63) is 75.0 Å². The van der Waals surface area contributed by atoms with Crippen molar-refractivity contribution in [2.75, 3.05) is 6.54 Å².